The molecule has 3 aromatic carbocycles. The van der Waals surface area contributed by atoms with Crippen molar-refractivity contribution in [2.75, 3.05) is 27.2 Å². The molecule has 1 unspecified atom stereocenters. The van der Waals surface area contributed by atoms with Crippen molar-refractivity contribution in [2.24, 2.45) is 0 Å². The lowest BCUT2D eigenvalue weighted by molar-refractivity contribution is -0.140. The van der Waals surface area contributed by atoms with Gasteiger partial charge in [-0.25, -0.2) is 0 Å². The number of hydrogen-bond acceptors (Lipinski definition) is 5. The van der Waals surface area contributed by atoms with Crippen molar-refractivity contribution in [2.45, 2.75) is 32.9 Å². The summed E-state index contributed by atoms with van der Waals surface area (Å²) in [6.45, 7) is 5.53. The molecule has 0 saturated carbocycles. The standard InChI is InChI=1S/C31H34N2O4/c1-5-22-10-12-23(13-11-22)28-27(30(35)31(36)33(28)19-18-32(3)4)29(34)24-14-16-26(17-15-24)37-20-25-9-7-6-8-21(25)2/h6-17,28,34H,5,18-20H2,1-4H3/b29-27+. The van der Waals surface area contributed by atoms with E-state index in [-0.39, 0.29) is 11.3 Å². The van der Waals surface area contributed by atoms with Gasteiger partial charge in [0.1, 0.15) is 18.1 Å². The molecule has 1 fully saturated rings. The first kappa shape index (κ1) is 26.2. The maximum atomic E-state index is 13.2. The zero-order valence-corrected chi connectivity index (χ0v) is 21.9. The van der Waals surface area contributed by atoms with Gasteiger partial charge in [-0.15, -0.1) is 0 Å². The fourth-order valence-corrected chi connectivity index (χ4v) is 4.50. The van der Waals surface area contributed by atoms with E-state index in [1.165, 1.54) is 0 Å². The maximum Gasteiger partial charge on any atom is 0.295 e. The molecule has 4 rings (SSSR count). The lowest BCUT2D eigenvalue weighted by Crippen LogP contribution is -2.35. The first-order chi connectivity index (χ1) is 17.8. The van der Waals surface area contributed by atoms with E-state index < -0.39 is 17.7 Å². The molecule has 6 nitrogen and oxygen atoms in total. The summed E-state index contributed by atoms with van der Waals surface area (Å²) in [5, 5.41) is 11.3. The fraction of sp³-hybridized carbons (Fsp3) is 0.290. The zero-order valence-electron chi connectivity index (χ0n) is 21.9. The lowest BCUT2D eigenvalue weighted by Gasteiger charge is -2.26. The number of nitrogens with zero attached hydrogens (tertiary/aromatic N) is 2. The number of carbonyl (C=O) groups excluding carboxylic acids is 2. The third kappa shape index (κ3) is 5.75. The Kier molecular flexibility index (Phi) is 8.09. The number of likely N-dealkylation sites (N-methyl/N-ethyl adjacent to an activating group) is 1. The molecule has 0 aliphatic carbocycles. The van der Waals surface area contributed by atoms with E-state index in [9.17, 15) is 14.7 Å². The number of aliphatic hydroxyl groups excluding tert-OH is 1. The predicted molar refractivity (Wildman–Crippen MR) is 145 cm³/mol. The molecule has 0 bridgehead atoms. The van der Waals surface area contributed by atoms with Crippen LogP contribution in [0.4, 0.5) is 0 Å². The molecule has 1 N–H and O–H groups in total. The van der Waals surface area contributed by atoms with Crippen molar-refractivity contribution in [3.63, 3.8) is 0 Å². The Morgan fingerprint density at radius 1 is 0.973 bits per heavy atom. The molecular formula is C31H34N2O4. The first-order valence-electron chi connectivity index (χ1n) is 12.6. The molecular weight excluding hydrogens is 464 g/mol. The summed E-state index contributed by atoms with van der Waals surface area (Å²) >= 11 is 0. The monoisotopic (exact) mass is 498 g/mol. The number of hydrogen-bond donors (Lipinski definition) is 1. The van der Waals surface area contributed by atoms with Gasteiger partial charge in [0.05, 0.1) is 11.6 Å². The minimum atomic E-state index is -0.666. The largest absolute Gasteiger partial charge is 0.507 e. The number of aliphatic hydroxyl groups is 1. The summed E-state index contributed by atoms with van der Waals surface area (Å²) in [7, 11) is 3.84. The summed E-state index contributed by atoms with van der Waals surface area (Å²) in [4.78, 5) is 29.8. The second kappa shape index (κ2) is 11.4. The molecule has 1 heterocycles. The van der Waals surface area contributed by atoms with Crippen molar-refractivity contribution in [1.29, 1.82) is 0 Å². The van der Waals surface area contributed by atoms with Crippen LogP contribution in [0.2, 0.25) is 0 Å². The van der Waals surface area contributed by atoms with E-state index in [4.69, 9.17) is 4.74 Å². The Morgan fingerprint density at radius 3 is 2.27 bits per heavy atom. The lowest BCUT2D eigenvalue weighted by atomic mass is 9.94. The van der Waals surface area contributed by atoms with Crippen molar-refractivity contribution in [3.8, 4) is 5.75 Å². The molecule has 0 radical (unpaired) electrons. The van der Waals surface area contributed by atoms with Crippen LogP contribution in [0.1, 0.15) is 40.8 Å². The third-order valence-electron chi connectivity index (χ3n) is 6.82. The van der Waals surface area contributed by atoms with Crippen LogP contribution < -0.4 is 4.74 Å². The molecule has 6 heteroatoms. The molecule has 1 aliphatic rings. The third-order valence-corrected chi connectivity index (χ3v) is 6.82. The highest BCUT2D eigenvalue weighted by atomic mass is 16.5. The van der Waals surface area contributed by atoms with Gasteiger partial charge in [-0.1, -0.05) is 55.5 Å². The summed E-state index contributed by atoms with van der Waals surface area (Å²) in [6, 6.07) is 22.2. The van der Waals surface area contributed by atoms with Crippen LogP contribution in [0.25, 0.3) is 5.76 Å². The van der Waals surface area contributed by atoms with Crippen LogP contribution in [0.5, 0.6) is 5.75 Å². The van der Waals surface area contributed by atoms with Gasteiger partial charge in [0, 0.05) is 18.7 Å². The molecule has 3 aromatic rings. The molecule has 0 aromatic heterocycles. The molecule has 37 heavy (non-hydrogen) atoms. The van der Waals surface area contributed by atoms with Gasteiger partial charge >= 0.3 is 0 Å². The first-order valence-corrected chi connectivity index (χ1v) is 12.6. The number of rotatable bonds is 9. The summed E-state index contributed by atoms with van der Waals surface area (Å²) < 4.78 is 5.92. The van der Waals surface area contributed by atoms with Gasteiger partial charge in [0.25, 0.3) is 11.7 Å². The molecule has 1 aliphatic heterocycles. The zero-order chi connectivity index (χ0) is 26.5. The minimum Gasteiger partial charge on any atom is -0.507 e. The number of likely N-dealkylation sites (tertiary alicyclic amines) is 1. The Balaban J connectivity index is 1.65. The van der Waals surface area contributed by atoms with Crippen molar-refractivity contribution in [3.05, 3.63) is 106 Å². The van der Waals surface area contributed by atoms with Crippen LogP contribution in [0.15, 0.2) is 78.4 Å². The highest BCUT2D eigenvalue weighted by Gasteiger charge is 2.45. The molecule has 192 valence electrons. The summed E-state index contributed by atoms with van der Waals surface area (Å²) in [5.74, 6) is -0.787. The topological polar surface area (TPSA) is 70.1 Å². The van der Waals surface area contributed by atoms with E-state index in [1.54, 1.807) is 29.2 Å². The van der Waals surface area contributed by atoms with Gasteiger partial charge in [-0.05, 0) is 74.0 Å². The Hall–Kier alpha value is -3.90. The van der Waals surface area contributed by atoms with E-state index in [0.717, 1.165) is 28.7 Å². The smallest absolute Gasteiger partial charge is 0.295 e. The molecule has 1 saturated heterocycles. The van der Waals surface area contributed by atoms with Gasteiger partial charge < -0.3 is 19.6 Å². The van der Waals surface area contributed by atoms with E-state index in [1.807, 2.05) is 74.4 Å². The van der Waals surface area contributed by atoms with Gasteiger partial charge in [0.15, 0.2) is 0 Å². The average molecular weight is 499 g/mol. The molecule has 1 amide bonds. The highest BCUT2D eigenvalue weighted by molar-refractivity contribution is 6.46. The Labute approximate surface area is 218 Å². The van der Waals surface area contributed by atoms with Crippen LogP contribution >= 0.6 is 0 Å². The van der Waals surface area contributed by atoms with E-state index in [2.05, 4.69) is 6.92 Å². The average Bonchev–Trinajstić information content (AvgIpc) is 3.16. The quantitative estimate of drug-likeness (QED) is 0.252. The van der Waals surface area contributed by atoms with Crippen molar-refractivity contribution >= 4 is 17.4 Å². The molecule has 1 atom stereocenters. The normalized spacial score (nSPS) is 17.0. The SMILES string of the molecule is CCc1ccc(C2/C(=C(\O)c3ccc(OCc4ccccc4C)cc3)C(=O)C(=O)N2CCN(C)C)cc1. The van der Waals surface area contributed by atoms with Crippen molar-refractivity contribution < 1.29 is 19.4 Å². The van der Waals surface area contributed by atoms with Gasteiger partial charge in [-0.2, -0.15) is 0 Å². The second-order valence-corrected chi connectivity index (χ2v) is 9.63. The Bertz CT molecular complexity index is 1290. The van der Waals surface area contributed by atoms with Crippen LogP contribution in [0, 0.1) is 6.92 Å². The van der Waals surface area contributed by atoms with Crippen molar-refractivity contribution in [1.82, 2.24) is 9.80 Å². The molecule has 0 spiro atoms. The number of ketones is 1. The number of aryl methyl sites for hydroxylation is 2. The van der Waals surface area contributed by atoms with E-state index in [0.29, 0.717) is 31.0 Å². The summed E-state index contributed by atoms with van der Waals surface area (Å²) in [5.41, 5.74) is 4.79. The van der Waals surface area contributed by atoms with Gasteiger partial charge in [-0.3, -0.25) is 9.59 Å². The Morgan fingerprint density at radius 2 is 1.65 bits per heavy atom. The van der Waals surface area contributed by atoms with E-state index >= 15 is 0 Å². The van der Waals surface area contributed by atoms with Crippen LogP contribution in [-0.2, 0) is 22.6 Å². The summed E-state index contributed by atoms with van der Waals surface area (Å²) in [6.07, 6.45) is 0.888. The van der Waals surface area contributed by atoms with Crippen LogP contribution in [0.3, 0.4) is 0 Å². The number of carbonyl (C=O) groups is 2. The fourth-order valence-electron chi connectivity index (χ4n) is 4.50. The maximum absolute atomic E-state index is 13.2. The second-order valence-electron chi connectivity index (χ2n) is 9.63. The minimum absolute atomic E-state index is 0.113. The number of amides is 1. The predicted octanol–water partition coefficient (Wildman–Crippen LogP) is 5.12. The number of ether oxygens (including phenoxy) is 1. The van der Waals surface area contributed by atoms with Gasteiger partial charge in [0.2, 0.25) is 0 Å². The highest BCUT2D eigenvalue weighted by Crippen LogP contribution is 2.39. The number of benzene rings is 3. The van der Waals surface area contributed by atoms with Crippen LogP contribution in [-0.4, -0.2) is 53.8 Å². The number of Topliss-reactive ketones (excluding diaryl/α,β-unsaturated/α-hetero) is 1.